The van der Waals surface area contributed by atoms with Crippen molar-refractivity contribution in [3.8, 4) is 0 Å². The Kier molecular flexibility index (Phi) is 4.69. The van der Waals surface area contributed by atoms with E-state index in [1.807, 2.05) is 22.6 Å². The number of aliphatic hydroxyl groups is 1. The van der Waals surface area contributed by atoms with E-state index in [2.05, 4.69) is 10.3 Å². The second-order valence-corrected chi connectivity index (χ2v) is 3.91. The maximum absolute atomic E-state index is 11.5. The molecule has 1 aromatic heterocycles. The fourth-order valence-corrected chi connectivity index (χ4v) is 1.41. The third-order valence-corrected chi connectivity index (χ3v) is 2.35. The lowest BCUT2D eigenvalue weighted by Gasteiger charge is -2.05. The Morgan fingerprint density at radius 1 is 1.67 bits per heavy atom. The Hall–Kier alpha value is -0.960. The molecular weight excluding hydrogens is 313 g/mol. The first kappa shape index (κ1) is 12.1. The summed E-state index contributed by atoms with van der Waals surface area (Å²) in [5.41, 5.74) is -0.246. The van der Waals surface area contributed by atoms with E-state index >= 15 is 0 Å². The number of aromatic nitrogens is 2. The third-order valence-electron chi connectivity index (χ3n) is 1.61. The molecule has 0 atom stereocenters. The molecule has 0 saturated heterocycles. The van der Waals surface area contributed by atoms with E-state index in [1.165, 1.54) is 17.1 Å². The number of amides is 1. The van der Waals surface area contributed by atoms with E-state index in [1.54, 1.807) is 0 Å². The fraction of sp³-hybridized carbons (Fsp3) is 0.375. The molecule has 15 heavy (non-hydrogen) atoms. The summed E-state index contributed by atoms with van der Waals surface area (Å²) in [5, 5.41) is 10.9. The van der Waals surface area contributed by atoms with Gasteiger partial charge in [0.25, 0.3) is 5.56 Å². The number of hydrogen-bond acceptors (Lipinski definition) is 4. The number of rotatable bonds is 4. The number of aliphatic hydroxyl groups excluding tert-OH is 1. The van der Waals surface area contributed by atoms with Gasteiger partial charge in [0.2, 0.25) is 5.91 Å². The number of hydrogen-bond donors (Lipinski definition) is 2. The van der Waals surface area contributed by atoms with Crippen molar-refractivity contribution in [2.45, 2.75) is 6.54 Å². The van der Waals surface area contributed by atoms with Crippen LogP contribution in [0.2, 0.25) is 0 Å². The molecule has 0 unspecified atom stereocenters. The highest BCUT2D eigenvalue weighted by Crippen LogP contribution is 1.92. The zero-order chi connectivity index (χ0) is 11.3. The maximum Gasteiger partial charge on any atom is 0.267 e. The van der Waals surface area contributed by atoms with Crippen LogP contribution in [0.15, 0.2) is 17.3 Å². The number of nitrogens with one attached hydrogen (secondary N) is 1. The summed E-state index contributed by atoms with van der Waals surface area (Å²) in [4.78, 5) is 26.5. The quantitative estimate of drug-likeness (QED) is 0.693. The van der Waals surface area contributed by atoms with Crippen molar-refractivity contribution in [2.75, 3.05) is 13.2 Å². The van der Waals surface area contributed by atoms with Crippen molar-refractivity contribution >= 4 is 28.5 Å². The Morgan fingerprint density at radius 3 is 3.07 bits per heavy atom. The van der Waals surface area contributed by atoms with Gasteiger partial charge in [0.1, 0.15) is 6.54 Å². The average molecular weight is 323 g/mol. The average Bonchev–Trinajstić information content (AvgIpc) is 2.22. The molecule has 1 aromatic rings. The normalized spacial score (nSPS) is 10.0. The first-order valence-corrected chi connectivity index (χ1v) is 5.30. The summed E-state index contributed by atoms with van der Waals surface area (Å²) in [6, 6.07) is 0. The number of carbonyl (C=O) groups excluding carboxylic acids is 1. The van der Waals surface area contributed by atoms with Crippen LogP contribution < -0.4 is 10.9 Å². The van der Waals surface area contributed by atoms with Gasteiger partial charge in [-0.2, -0.15) is 0 Å². The van der Waals surface area contributed by atoms with Gasteiger partial charge in [-0.05, 0) is 22.6 Å². The lowest BCUT2D eigenvalue weighted by atomic mass is 10.5. The summed E-state index contributed by atoms with van der Waals surface area (Å²) in [6.07, 6.45) is 2.74. The van der Waals surface area contributed by atoms with Crippen molar-refractivity contribution < 1.29 is 9.90 Å². The SMILES string of the molecule is O=C(Cn1cncc(I)c1=O)NCCO. The highest BCUT2D eigenvalue weighted by Gasteiger charge is 2.05. The highest BCUT2D eigenvalue weighted by molar-refractivity contribution is 14.1. The second kappa shape index (κ2) is 5.81. The topological polar surface area (TPSA) is 84.2 Å². The summed E-state index contributed by atoms with van der Waals surface area (Å²) in [7, 11) is 0. The molecule has 6 nitrogen and oxygen atoms in total. The van der Waals surface area contributed by atoms with Gasteiger partial charge < -0.3 is 10.4 Å². The molecule has 0 aromatic carbocycles. The van der Waals surface area contributed by atoms with Crippen LogP contribution in [0.5, 0.6) is 0 Å². The zero-order valence-corrected chi connectivity index (χ0v) is 9.97. The van der Waals surface area contributed by atoms with E-state index in [0.717, 1.165) is 0 Å². The Labute approximate surface area is 99.5 Å². The lowest BCUT2D eigenvalue weighted by molar-refractivity contribution is -0.121. The van der Waals surface area contributed by atoms with Crippen molar-refractivity contribution in [2.24, 2.45) is 0 Å². The minimum absolute atomic E-state index is 0.0807. The predicted octanol–water partition coefficient (Wildman–Crippen LogP) is -1.04. The Morgan fingerprint density at radius 2 is 2.40 bits per heavy atom. The Balaban J connectivity index is 2.69. The number of halogens is 1. The van der Waals surface area contributed by atoms with Crippen molar-refractivity contribution in [1.29, 1.82) is 0 Å². The highest BCUT2D eigenvalue weighted by atomic mass is 127. The summed E-state index contributed by atoms with van der Waals surface area (Å²) in [5.74, 6) is -0.324. The van der Waals surface area contributed by atoms with Crippen LogP contribution in [0.3, 0.4) is 0 Å². The molecule has 7 heteroatoms. The molecule has 0 fully saturated rings. The molecule has 0 aliphatic rings. The smallest absolute Gasteiger partial charge is 0.267 e. The van der Waals surface area contributed by atoms with E-state index in [4.69, 9.17) is 5.11 Å². The van der Waals surface area contributed by atoms with E-state index in [-0.39, 0.29) is 31.2 Å². The van der Waals surface area contributed by atoms with Crippen LogP contribution in [-0.2, 0) is 11.3 Å². The molecule has 0 spiro atoms. The molecule has 1 rings (SSSR count). The minimum atomic E-state index is -0.324. The van der Waals surface area contributed by atoms with Gasteiger partial charge in [-0.15, -0.1) is 0 Å². The molecule has 1 heterocycles. The third kappa shape index (κ3) is 3.59. The van der Waals surface area contributed by atoms with E-state index < -0.39 is 0 Å². The van der Waals surface area contributed by atoms with Crippen LogP contribution in [0.25, 0.3) is 0 Å². The second-order valence-electron chi connectivity index (χ2n) is 2.75. The van der Waals surface area contributed by atoms with Crippen LogP contribution in [0.4, 0.5) is 0 Å². The lowest BCUT2D eigenvalue weighted by Crippen LogP contribution is -2.34. The van der Waals surface area contributed by atoms with E-state index in [0.29, 0.717) is 3.57 Å². The van der Waals surface area contributed by atoms with Gasteiger partial charge in [-0.1, -0.05) is 0 Å². The van der Waals surface area contributed by atoms with Crippen LogP contribution >= 0.6 is 22.6 Å². The molecule has 0 bridgehead atoms. The molecule has 0 aliphatic heterocycles. The van der Waals surface area contributed by atoms with Gasteiger partial charge in [0.15, 0.2) is 0 Å². The van der Waals surface area contributed by atoms with Gasteiger partial charge in [-0.3, -0.25) is 14.2 Å². The predicted molar refractivity (Wildman–Crippen MR) is 61.3 cm³/mol. The Bertz CT molecular complexity index is 404. The van der Waals surface area contributed by atoms with E-state index in [9.17, 15) is 9.59 Å². The molecule has 82 valence electrons. The maximum atomic E-state index is 11.5. The molecule has 0 saturated carbocycles. The minimum Gasteiger partial charge on any atom is -0.395 e. The van der Waals surface area contributed by atoms with Crippen molar-refractivity contribution in [1.82, 2.24) is 14.9 Å². The molecule has 1 amide bonds. The van der Waals surface area contributed by atoms with Gasteiger partial charge >= 0.3 is 0 Å². The van der Waals surface area contributed by atoms with Crippen molar-refractivity contribution in [3.63, 3.8) is 0 Å². The number of carbonyl (C=O) groups is 1. The first-order chi connectivity index (χ1) is 7.15. The standard InChI is InChI=1S/C8H10IN3O3/c9-6-3-10-5-12(8(6)15)4-7(14)11-1-2-13/h3,5,13H,1-2,4H2,(H,11,14). The monoisotopic (exact) mass is 323 g/mol. The van der Waals surface area contributed by atoms with Gasteiger partial charge in [0.05, 0.1) is 16.5 Å². The fourth-order valence-electron chi connectivity index (χ4n) is 0.943. The molecule has 0 radical (unpaired) electrons. The summed E-state index contributed by atoms with van der Waals surface area (Å²) < 4.78 is 1.68. The van der Waals surface area contributed by atoms with Crippen LogP contribution in [0.1, 0.15) is 0 Å². The summed E-state index contributed by atoms with van der Waals surface area (Å²) >= 11 is 1.86. The van der Waals surface area contributed by atoms with Gasteiger partial charge in [-0.25, -0.2) is 4.98 Å². The zero-order valence-electron chi connectivity index (χ0n) is 7.81. The van der Waals surface area contributed by atoms with Crippen LogP contribution in [-0.4, -0.2) is 33.7 Å². The van der Waals surface area contributed by atoms with Crippen molar-refractivity contribution in [3.05, 3.63) is 26.4 Å². The molecular formula is C8H10IN3O3. The largest absolute Gasteiger partial charge is 0.395 e. The summed E-state index contributed by atoms with van der Waals surface area (Å²) in [6.45, 7) is -0.0151. The molecule has 2 N–H and O–H groups in total. The first-order valence-electron chi connectivity index (χ1n) is 4.22. The van der Waals surface area contributed by atoms with Gasteiger partial charge in [0, 0.05) is 12.7 Å². The van der Waals surface area contributed by atoms with Crippen LogP contribution in [0, 0.1) is 3.57 Å². The molecule has 0 aliphatic carbocycles. The number of nitrogens with zero attached hydrogens (tertiary/aromatic N) is 2.